The number of anilines is 1. The van der Waals surface area contributed by atoms with Crippen molar-refractivity contribution >= 4 is 44.0 Å². The molecule has 0 unspecified atom stereocenters. The fourth-order valence-electron chi connectivity index (χ4n) is 2.16. The van der Waals surface area contributed by atoms with Crippen LogP contribution in [0.2, 0.25) is 0 Å². The van der Waals surface area contributed by atoms with Crippen LogP contribution in [0, 0.1) is 0 Å². The van der Waals surface area contributed by atoms with Gasteiger partial charge in [0.05, 0.1) is 5.69 Å². The molecule has 3 heterocycles. The Morgan fingerprint density at radius 3 is 2.82 bits per heavy atom. The number of fused-ring (bicyclic) bond motifs is 1. The lowest BCUT2D eigenvalue weighted by Crippen LogP contribution is -2.16. The van der Waals surface area contributed by atoms with Crippen LogP contribution in [0.15, 0.2) is 22.8 Å². The van der Waals surface area contributed by atoms with E-state index in [-0.39, 0.29) is 5.91 Å². The van der Waals surface area contributed by atoms with Crippen LogP contribution < -0.4 is 5.32 Å². The van der Waals surface area contributed by atoms with Crippen molar-refractivity contribution in [3.63, 3.8) is 0 Å². The molecule has 1 amide bonds. The van der Waals surface area contributed by atoms with Crippen molar-refractivity contribution in [1.29, 1.82) is 0 Å². The second kappa shape index (κ2) is 6.13. The lowest BCUT2D eigenvalue weighted by Gasteiger charge is -2.04. The average molecular weight is 380 g/mol. The van der Waals surface area contributed by atoms with E-state index in [1.165, 1.54) is 11.3 Å². The standard InChI is InChI=1S/C14H14BrN5OS/c1-3-9-12(20-7-8(15)5-6-10(20)16-9)13(21)17-14-19-18-11(4-2)22-14/h5-7H,3-4H2,1-2H3,(H,17,19,21). The summed E-state index contributed by atoms with van der Waals surface area (Å²) in [5.74, 6) is -0.221. The number of hydrogen-bond acceptors (Lipinski definition) is 5. The van der Waals surface area contributed by atoms with Gasteiger partial charge in [-0.15, -0.1) is 10.2 Å². The second-order valence-electron chi connectivity index (χ2n) is 4.64. The number of amides is 1. The van der Waals surface area contributed by atoms with Crippen molar-refractivity contribution in [1.82, 2.24) is 19.6 Å². The van der Waals surface area contributed by atoms with Crippen LogP contribution in [0.5, 0.6) is 0 Å². The molecule has 0 aliphatic rings. The van der Waals surface area contributed by atoms with Crippen LogP contribution >= 0.6 is 27.3 Å². The van der Waals surface area contributed by atoms with Crippen LogP contribution in [-0.4, -0.2) is 25.5 Å². The highest BCUT2D eigenvalue weighted by atomic mass is 79.9. The van der Waals surface area contributed by atoms with Gasteiger partial charge in [0.2, 0.25) is 5.13 Å². The number of carbonyl (C=O) groups is 1. The monoisotopic (exact) mass is 379 g/mol. The number of nitrogens with one attached hydrogen (secondary N) is 1. The van der Waals surface area contributed by atoms with E-state index < -0.39 is 0 Å². The van der Waals surface area contributed by atoms with Crippen molar-refractivity contribution in [2.45, 2.75) is 26.7 Å². The largest absolute Gasteiger partial charge is 0.295 e. The molecular weight excluding hydrogens is 366 g/mol. The Morgan fingerprint density at radius 1 is 1.32 bits per heavy atom. The van der Waals surface area contributed by atoms with Gasteiger partial charge in [0.1, 0.15) is 16.3 Å². The predicted octanol–water partition coefficient (Wildman–Crippen LogP) is 3.33. The van der Waals surface area contributed by atoms with E-state index in [4.69, 9.17) is 0 Å². The maximum atomic E-state index is 12.6. The number of rotatable bonds is 4. The number of aromatic nitrogens is 4. The second-order valence-corrected chi connectivity index (χ2v) is 6.62. The minimum absolute atomic E-state index is 0.221. The molecule has 0 aliphatic carbocycles. The van der Waals surface area contributed by atoms with Crippen LogP contribution in [0.25, 0.3) is 5.65 Å². The summed E-state index contributed by atoms with van der Waals surface area (Å²) < 4.78 is 2.68. The Bertz CT molecular complexity index is 841. The van der Waals surface area contributed by atoms with Crippen LogP contribution in [0.3, 0.4) is 0 Å². The molecule has 0 saturated heterocycles. The smallest absolute Gasteiger partial charge is 0.276 e. The molecule has 3 aromatic rings. The van der Waals surface area contributed by atoms with E-state index in [2.05, 4.69) is 36.4 Å². The molecular formula is C14H14BrN5OS. The fourth-order valence-corrected chi connectivity index (χ4v) is 3.17. The number of hydrogen-bond donors (Lipinski definition) is 1. The van der Waals surface area contributed by atoms with Crippen molar-refractivity contribution in [3.8, 4) is 0 Å². The van der Waals surface area contributed by atoms with Gasteiger partial charge in [-0.05, 0) is 40.9 Å². The van der Waals surface area contributed by atoms with Crippen molar-refractivity contribution in [2.24, 2.45) is 0 Å². The number of halogens is 1. The van der Waals surface area contributed by atoms with Crippen molar-refractivity contribution in [3.05, 3.63) is 39.2 Å². The summed E-state index contributed by atoms with van der Waals surface area (Å²) in [7, 11) is 0. The highest BCUT2D eigenvalue weighted by molar-refractivity contribution is 9.10. The third kappa shape index (κ3) is 2.76. The zero-order valence-corrected chi connectivity index (χ0v) is 14.5. The van der Waals surface area contributed by atoms with Crippen molar-refractivity contribution in [2.75, 3.05) is 5.32 Å². The number of pyridine rings is 1. The summed E-state index contributed by atoms with van der Waals surface area (Å²) in [6.07, 6.45) is 3.32. The molecule has 3 aromatic heterocycles. The zero-order chi connectivity index (χ0) is 15.7. The van der Waals surface area contributed by atoms with E-state index in [1.807, 2.05) is 32.2 Å². The molecule has 22 heavy (non-hydrogen) atoms. The quantitative estimate of drug-likeness (QED) is 0.754. The number of imidazole rings is 1. The minimum Gasteiger partial charge on any atom is -0.295 e. The van der Waals surface area contributed by atoms with Crippen LogP contribution in [-0.2, 0) is 12.8 Å². The highest BCUT2D eigenvalue weighted by Gasteiger charge is 2.19. The Labute approximate surface area is 139 Å². The van der Waals surface area contributed by atoms with Gasteiger partial charge >= 0.3 is 0 Å². The topological polar surface area (TPSA) is 72.2 Å². The lowest BCUT2D eigenvalue weighted by atomic mass is 10.2. The van der Waals surface area contributed by atoms with E-state index in [0.29, 0.717) is 17.2 Å². The predicted molar refractivity (Wildman–Crippen MR) is 89.5 cm³/mol. The molecule has 0 aromatic carbocycles. The summed E-state index contributed by atoms with van der Waals surface area (Å²) in [4.78, 5) is 17.1. The van der Waals surface area contributed by atoms with Gasteiger partial charge in [0.25, 0.3) is 5.91 Å². The van der Waals surface area contributed by atoms with E-state index in [0.717, 1.165) is 27.2 Å². The number of carbonyl (C=O) groups excluding carboxylic acids is 1. The fraction of sp³-hybridized carbons (Fsp3) is 0.286. The van der Waals surface area contributed by atoms with E-state index in [9.17, 15) is 4.79 Å². The summed E-state index contributed by atoms with van der Waals surface area (Å²) in [6.45, 7) is 3.98. The number of nitrogens with zero attached hydrogens (tertiary/aromatic N) is 4. The maximum absolute atomic E-state index is 12.6. The number of aryl methyl sites for hydroxylation is 2. The molecule has 0 radical (unpaired) electrons. The van der Waals surface area contributed by atoms with Gasteiger partial charge in [-0.3, -0.25) is 14.5 Å². The summed E-state index contributed by atoms with van der Waals surface area (Å²) >= 11 is 4.81. The minimum atomic E-state index is -0.221. The molecule has 0 bridgehead atoms. The third-order valence-electron chi connectivity index (χ3n) is 3.19. The molecule has 0 atom stereocenters. The molecule has 114 valence electrons. The molecule has 8 heteroatoms. The molecule has 0 spiro atoms. The van der Waals surface area contributed by atoms with E-state index >= 15 is 0 Å². The first-order chi connectivity index (χ1) is 10.6. The Morgan fingerprint density at radius 2 is 2.14 bits per heavy atom. The zero-order valence-electron chi connectivity index (χ0n) is 12.1. The molecule has 6 nitrogen and oxygen atoms in total. The maximum Gasteiger partial charge on any atom is 0.276 e. The van der Waals surface area contributed by atoms with Gasteiger partial charge in [-0.25, -0.2) is 4.98 Å². The van der Waals surface area contributed by atoms with Crippen LogP contribution in [0.4, 0.5) is 5.13 Å². The van der Waals surface area contributed by atoms with Crippen LogP contribution in [0.1, 0.15) is 35.0 Å². The van der Waals surface area contributed by atoms with Gasteiger partial charge in [0, 0.05) is 10.7 Å². The Balaban J connectivity index is 2.00. The average Bonchev–Trinajstić information content (AvgIpc) is 3.10. The van der Waals surface area contributed by atoms with Gasteiger partial charge in [-0.2, -0.15) is 0 Å². The molecule has 0 aliphatic heterocycles. The van der Waals surface area contributed by atoms with Gasteiger partial charge in [-0.1, -0.05) is 25.2 Å². The SMILES string of the molecule is CCc1nnc(NC(=O)c2c(CC)nc3ccc(Br)cn23)s1. The normalized spacial score (nSPS) is 11.0. The highest BCUT2D eigenvalue weighted by Crippen LogP contribution is 2.20. The van der Waals surface area contributed by atoms with Gasteiger partial charge < -0.3 is 0 Å². The summed E-state index contributed by atoms with van der Waals surface area (Å²) in [5.41, 5.74) is 2.04. The molecule has 0 saturated carbocycles. The Kier molecular flexibility index (Phi) is 4.21. The first kappa shape index (κ1) is 15.1. The van der Waals surface area contributed by atoms with Gasteiger partial charge in [0.15, 0.2) is 0 Å². The summed E-state index contributed by atoms with van der Waals surface area (Å²) in [5, 5.41) is 12.2. The Hall–Kier alpha value is -1.80. The van der Waals surface area contributed by atoms with Crippen molar-refractivity contribution < 1.29 is 4.79 Å². The molecule has 1 N–H and O–H groups in total. The molecule has 0 fully saturated rings. The van der Waals surface area contributed by atoms with E-state index in [1.54, 1.807) is 4.40 Å². The first-order valence-electron chi connectivity index (χ1n) is 6.92. The lowest BCUT2D eigenvalue weighted by molar-refractivity contribution is 0.102. The summed E-state index contributed by atoms with van der Waals surface area (Å²) in [6, 6.07) is 3.78. The third-order valence-corrected chi connectivity index (χ3v) is 4.65. The molecule has 3 rings (SSSR count). The first-order valence-corrected chi connectivity index (χ1v) is 8.53.